The van der Waals surface area contributed by atoms with Gasteiger partial charge in [-0.3, -0.25) is 4.68 Å². The first-order chi connectivity index (χ1) is 8.28. The van der Waals surface area contributed by atoms with E-state index in [1.54, 1.807) is 0 Å². The molecule has 1 heterocycles. The minimum atomic E-state index is 0.185. The molecule has 0 aromatic carbocycles. The van der Waals surface area contributed by atoms with Crippen molar-refractivity contribution in [3.8, 4) is 0 Å². The number of hydrogen-bond donors (Lipinski definition) is 1. The summed E-state index contributed by atoms with van der Waals surface area (Å²) in [5, 5.41) is 7.99. The summed E-state index contributed by atoms with van der Waals surface area (Å²) in [6.07, 6.45) is 6.44. The van der Waals surface area contributed by atoms with Crippen LogP contribution < -0.4 is 5.32 Å². The van der Waals surface area contributed by atoms with E-state index < -0.39 is 0 Å². The zero-order chi connectivity index (χ0) is 13.8. The molecule has 0 saturated heterocycles. The fourth-order valence-electron chi connectivity index (χ4n) is 1.95. The molecule has 0 aliphatic carbocycles. The summed E-state index contributed by atoms with van der Waals surface area (Å²) in [4.78, 5) is 0. The van der Waals surface area contributed by atoms with E-state index in [-0.39, 0.29) is 5.54 Å². The normalized spacial score (nSPS) is 15.7. The van der Waals surface area contributed by atoms with E-state index in [1.165, 1.54) is 12.0 Å². The van der Waals surface area contributed by atoms with Crippen LogP contribution in [0.1, 0.15) is 53.5 Å². The smallest absolute Gasteiger partial charge is 0.0521 e. The van der Waals surface area contributed by atoms with E-state index in [1.807, 2.05) is 10.9 Å². The van der Waals surface area contributed by atoms with Crippen molar-refractivity contribution in [2.75, 3.05) is 6.54 Å². The van der Waals surface area contributed by atoms with Gasteiger partial charge in [-0.05, 0) is 51.5 Å². The summed E-state index contributed by atoms with van der Waals surface area (Å²) in [7, 11) is 0. The van der Waals surface area contributed by atoms with Crippen molar-refractivity contribution in [3.63, 3.8) is 0 Å². The molecule has 0 radical (unpaired) electrons. The van der Waals surface area contributed by atoms with Crippen molar-refractivity contribution in [3.05, 3.63) is 18.0 Å². The Hall–Kier alpha value is -0.830. The molecule has 18 heavy (non-hydrogen) atoms. The highest BCUT2D eigenvalue weighted by Crippen LogP contribution is 2.26. The van der Waals surface area contributed by atoms with Crippen LogP contribution in [0.25, 0.3) is 0 Å². The Morgan fingerprint density at radius 2 is 1.89 bits per heavy atom. The molecule has 104 valence electrons. The summed E-state index contributed by atoms with van der Waals surface area (Å²) in [5.74, 6) is 0. The summed E-state index contributed by atoms with van der Waals surface area (Å²) in [5.41, 5.74) is 1.83. The Morgan fingerprint density at radius 1 is 1.22 bits per heavy atom. The van der Waals surface area contributed by atoms with Gasteiger partial charge in [0.1, 0.15) is 0 Å². The molecule has 0 aliphatic heterocycles. The Morgan fingerprint density at radius 3 is 2.33 bits per heavy atom. The molecule has 1 N–H and O–H groups in total. The predicted molar refractivity (Wildman–Crippen MR) is 77.8 cm³/mol. The maximum absolute atomic E-state index is 4.36. The lowest BCUT2D eigenvalue weighted by Crippen LogP contribution is -2.43. The molecule has 0 aliphatic rings. The molecule has 1 atom stereocenters. The largest absolute Gasteiger partial charge is 0.312 e. The van der Waals surface area contributed by atoms with Crippen LogP contribution >= 0.6 is 0 Å². The van der Waals surface area contributed by atoms with Crippen molar-refractivity contribution in [2.45, 2.75) is 66.5 Å². The second-order valence-electron chi connectivity index (χ2n) is 6.65. The molecular weight excluding hydrogens is 222 g/mol. The van der Waals surface area contributed by atoms with Crippen LogP contribution in [0.4, 0.5) is 0 Å². The average molecular weight is 251 g/mol. The number of nitrogens with zero attached hydrogens (tertiary/aromatic N) is 2. The quantitative estimate of drug-likeness (QED) is 0.841. The number of rotatable bonds is 6. The van der Waals surface area contributed by atoms with E-state index >= 15 is 0 Å². The number of aromatic nitrogens is 2. The molecule has 0 fully saturated rings. The molecule has 0 saturated carbocycles. The Balaban J connectivity index is 2.64. The van der Waals surface area contributed by atoms with Crippen LogP contribution in [-0.4, -0.2) is 21.9 Å². The molecule has 0 amide bonds. The SMILES string of the molecule is CCn1cc(CC(C)(CC)CNC(C)(C)C)cn1. The number of aryl methyl sites for hydroxylation is 1. The van der Waals surface area contributed by atoms with E-state index in [4.69, 9.17) is 0 Å². The van der Waals surface area contributed by atoms with Crippen LogP contribution in [-0.2, 0) is 13.0 Å². The third-order valence-corrected chi connectivity index (χ3v) is 3.54. The van der Waals surface area contributed by atoms with Crippen LogP contribution in [0.2, 0.25) is 0 Å². The Bertz CT molecular complexity index is 362. The van der Waals surface area contributed by atoms with Gasteiger partial charge in [0.05, 0.1) is 6.20 Å². The van der Waals surface area contributed by atoms with Gasteiger partial charge in [0.25, 0.3) is 0 Å². The molecule has 3 heteroatoms. The van der Waals surface area contributed by atoms with Crippen molar-refractivity contribution in [1.29, 1.82) is 0 Å². The van der Waals surface area contributed by atoms with Crippen molar-refractivity contribution in [1.82, 2.24) is 15.1 Å². The summed E-state index contributed by atoms with van der Waals surface area (Å²) in [6.45, 7) is 15.4. The molecule has 0 bridgehead atoms. The maximum atomic E-state index is 4.36. The first-order valence-electron chi connectivity index (χ1n) is 7.04. The first kappa shape index (κ1) is 15.2. The summed E-state index contributed by atoms with van der Waals surface area (Å²) in [6, 6.07) is 0. The predicted octanol–water partition coefficient (Wildman–Crippen LogP) is 3.25. The van der Waals surface area contributed by atoms with Crippen molar-refractivity contribution < 1.29 is 0 Å². The lowest BCUT2D eigenvalue weighted by atomic mass is 9.81. The van der Waals surface area contributed by atoms with Gasteiger partial charge in [-0.25, -0.2) is 0 Å². The number of nitrogens with one attached hydrogen (secondary N) is 1. The zero-order valence-electron chi connectivity index (χ0n) is 12.9. The summed E-state index contributed by atoms with van der Waals surface area (Å²) >= 11 is 0. The fraction of sp³-hybridized carbons (Fsp3) is 0.800. The van der Waals surface area contributed by atoms with E-state index in [0.717, 1.165) is 19.5 Å². The molecule has 3 nitrogen and oxygen atoms in total. The van der Waals surface area contributed by atoms with Crippen LogP contribution in [0, 0.1) is 5.41 Å². The van der Waals surface area contributed by atoms with Crippen molar-refractivity contribution in [2.24, 2.45) is 5.41 Å². The highest BCUT2D eigenvalue weighted by Gasteiger charge is 2.25. The lowest BCUT2D eigenvalue weighted by Gasteiger charge is -2.32. The topological polar surface area (TPSA) is 29.9 Å². The molecule has 1 unspecified atom stereocenters. The van der Waals surface area contributed by atoms with E-state index in [0.29, 0.717) is 5.41 Å². The van der Waals surface area contributed by atoms with Gasteiger partial charge in [-0.2, -0.15) is 5.10 Å². The Labute approximate surface area is 112 Å². The highest BCUT2D eigenvalue weighted by atomic mass is 15.3. The highest BCUT2D eigenvalue weighted by molar-refractivity contribution is 5.07. The van der Waals surface area contributed by atoms with Gasteiger partial charge in [0, 0.05) is 24.8 Å². The molecule has 0 spiro atoms. The molecule has 1 rings (SSSR count). The van der Waals surface area contributed by atoms with Gasteiger partial charge < -0.3 is 5.32 Å². The summed E-state index contributed by atoms with van der Waals surface area (Å²) < 4.78 is 2.00. The van der Waals surface area contributed by atoms with E-state index in [9.17, 15) is 0 Å². The zero-order valence-corrected chi connectivity index (χ0v) is 12.9. The minimum absolute atomic E-state index is 0.185. The second-order valence-corrected chi connectivity index (χ2v) is 6.65. The minimum Gasteiger partial charge on any atom is -0.312 e. The van der Waals surface area contributed by atoms with Crippen molar-refractivity contribution >= 4 is 0 Å². The van der Waals surface area contributed by atoms with Crippen LogP contribution in [0.15, 0.2) is 12.4 Å². The monoisotopic (exact) mass is 251 g/mol. The molecular formula is C15H29N3. The maximum Gasteiger partial charge on any atom is 0.0521 e. The van der Waals surface area contributed by atoms with Crippen LogP contribution in [0.3, 0.4) is 0 Å². The van der Waals surface area contributed by atoms with Gasteiger partial charge >= 0.3 is 0 Å². The number of hydrogen-bond acceptors (Lipinski definition) is 2. The van der Waals surface area contributed by atoms with E-state index in [2.05, 4.69) is 58.2 Å². The van der Waals surface area contributed by atoms with Gasteiger partial charge in [-0.1, -0.05) is 13.8 Å². The molecule has 1 aromatic heterocycles. The second kappa shape index (κ2) is 5.87. The van der Waals surface area contributed by atoms with Crippen LogP contribution in [0.5, 0.6) is 0 Å². The average Bonchev–Trinajstić information content (AvgIpc) is 2.73. The van der Waals surface area contributed by atoms with Gasteiger partial charge in [0.2, 0.25) is 0 Å². The van der Waals surface area contributed by atoms with Gasteiger partial charge in [-0.15, -0.1) is 0 Å². The third kappa shape index (κ3) is 4.81. The van der Waals surface area contributed by atoms with Gasteiger partial charge in [0.15, 0.2) is 0 Å². The fourth-order valence-corrected chi connectivity index (χ4v) is 1.95. The third-order valence-electron chi connectivity index (χ3n) is 3.54. The first-order valence-corrected chi connectivity index (χ1v) is 7.04. The standard InChI is InChI=1S/C15H29N3/c1-7-15(6,12-16-14(3,4)5)9-13-10-17-18(8-2)11-13/h10-11,16H,7-9,12H2,1-6H3. The molecule has 1 aromatic rings. The Kier molecular flexibility index (Phi) is 4.97. The lowest BCUT2D eigenvalue weighted by molar-refractivity contribution is 0.255.